The Morgan fingerprint density at radius 1 is 0.895 bits per heavy atom. The number of benzene rings is 2. The Hall–Kier alpha value is -2.64. The predicted molar refractivity (Wildman–Crippen MR) is 154 cm³/mol. The molecule has 7 heteroatoms. The average Bonchev–Trinajstić information content (AvgIpc) is 3.30. The van der Waals surface area contributed by atoms with Crippen LogP contribution in [0.5, 0.6) is 0 Å². The molecular formula is C31H44N2O4Si. The van der Waals surface area contributed by atoms with Gasteiger partial charge < -0.3 is 14.1 Å². The minimum absolute atomic E-state index is 0.00142. The topological polar surface area (TPSA) is 59.1 Å². The van der Waals surface area contributed by atoms with Gasteiger partial charge in [0.15, 0.2) is 0 Å². The fourth-order valence-corrected chi connectivity index (χ4v) is 10.7. The molecule has 1 heterocycles. The van der Waals surface area contributed by atoms with Crippen LogP contribution in [0.1, 0.15) is 60.8 Å². The largest absolute Gasteiger partial charge is 0.444 e. The lowest BCUT2D eigenvalue weighted by Crippen LogP contribution is -2.67. The van der Waals surface area contributed by atoms with Crippen LogP contribution in [0.25, 0.3) is 0 Å². The number of ether oxygens (including phenoxy) is 1. The van der Waals surface area contributed by atoms with Crippen molar-refractivity contribution >= 4 is 30.7 Å². The van der Waals surface area contributed by atoms with Crippen molar-refractivity contribution in [2.75, 3.05) is 26.2 Å². The van der Waals surface area contributed by atoms with E-state index < -0.39 is 20.0 Å². The summed E-state index contributed by atoms with van der Waals surface area (Å²) in [6.07, 6.45) is 2.74. The van der Waals surface area contributed by atoms with Crippen LogP contribution in [0, 0.1) is 5.92 Å². The Balaban J connectivity index is 1.44. The van der Waals surface area contributed by atoms with Gasteiger partial charge in [0.25, 0.3) is 8.32 Å². The highest BCUT2D eigenvalue weighted by molar-refractivity contribution is 6.99. The smallest absolute Gasteiger partial charge is 0.410 e. The van der Waals surface area contributed by atoms with Gasteiger partial charge >= 0.3 is 6.09 Å². The summed E-state index contributed by atoms with van der Waals surface area (Å²) in [6.45, 7) is 14.3. The maximum Gasteiger partial charge on any atom is 0.410 e. The van der Waals surface area contributed by atoms with Crippen molar-refractivity contribution in [1.82, 2.24) is 9.80 Å². The molecule has 2 aromatic rings. The molecule has 0 spiro atoms. The van der Waals surface area contributed by atoms with Crippen LogP contribution >= 0.6 is 0 Å². The number of carbonyl (C=O) groups excluding carboxylic acids is 2. The fraction of sp³-hybridized carbons (Fsp3) is 0.548. The summed E-state index contributed by atoms with van der Waals surface area (Å²) in [4.78, 5) is 28.8. The standard InChI is InChI=1S/C31H44N2O4Si/c1-30(2,3)36-29(35)33-20-19-32(28(34)23-33)22-24-17-18-25(21-24)37-38(31(4,5)6,26-13-9-7-10-14-26)27-15-11-8-12-16-27/h7-16,24-25H,17-23H2,1-6H3. The highest BCUT2D eigenvalue weighted by Gasteiger charge is 2.52. The van der Waals surface area contributed by atoms with Crippen LogP contribution < -0.4 is 10.4 Å². The van der Waals surface area contributed by atoms with Crippen molar-refractivity contribution in [2.45, 2.75) is 77.5 Å². The third kappa shape index (κ3) is 6.32. The molecule has 4 rings (SSSR count). The zero-order chi connectivity index (χ0) is 27.6. The summed E-state index contributed by atoms with van der Waals surface area (Å²) < 4.78 is 12.8. The monoisotopic (exact) mass is 536 g/mol. The number of carbonyl (C=O) groups is 2. The molecule has 1 saturated carbocycles. The number of hydrogen-bond donors (Lipinski definition) is 0. The zero-order valence-corrected chi connectivity index (χ0v) is 24.9. The minimum atomic E-state index is -2.59. The first-order chi connectivity index (χ1) is 17.9. The van der Waals surface area contributed by atoms with Gasteiger partial charge in [-0.25, -0.2) is 4.79 Å². The van der Waals surface area contributed by atoms with E-state index in [9.17, 15) is 9.59 Å². The Kier molecular flexibility index (Phi) is 8.38. The van der Waals surface area contributed by atoms with E-state index in [0.29, 0.717) is 19.0 Å². The Labute approximate surface area is 229 Å². The van der Waals surface area contributed by atoms with E-state index in [1.807, 2.05) is 25.7 Å². The SMILES string of the molecule is CC(C)(C)OC(=O)N1CCN(CC2CCC(O[Si](c3ccccc3)(c3ccccc3)C(C)(C)C)C2)C(=O)C1. The molecule has 0 radical (unpaired) electrons. The molecule has 1 aliphatic carbocycles. The molecule has 6 nitrogen and oxygen atoms in total. The van der Waals surface area contributed by atoms with Gasteiger partial charge in [-0.15, -0.1) is 0 Å². The molecule has 2 amide bonds. The van der Waals surface area contributed by atoms with Crippen molar-refractivity contribution < 1.29 is 18.8 Å². The Morgan fingerprint density at radius 3 is 1.97 bits per heavy atom. The molecule has 2 aliphatic rings. The maximum absolute atomic E-state index is 12.9. The lowest BCUT2D eigenvalue weighted by molar-refractivity contribution is -0.136. The lowest BCUT2D eigenvalue weighted by Gasteiger charge is -2.44. The second-order valence-corrected chi connectivity index (χ2v) is 17.1. The first kappa shape index (κ1) is 28.4. The van der Waals surface area contributed by atoms with Gasteiger partial charge in [0.1, 0.15) is 12.1 Å². The normalized spacial score (nSPS) is 21.1. The van der Waals surface area contributed by atoms with Gasteiger partial charge in [-0.1, -0.05) is 81.4 Å². The van der Waals surface area contributed by atoms with Crippen LogP contribution in [0.2, 0.25) is 5.04 Å². The first-order valence-electron chi connectivity index (χ1n) is 13.9. The molecule has 1 aliphatic heterocycles. The quantitative estimate of drug-likeness (QED) is 0.497. The van der Waals surface area contributed by atoms with E-state index in [-0.39, 0.29) is 23.6 Å². The van der Waals surface area contributed by atoms with Crippen molar-refractivity contribution in [3.63, 3.8) is 0 Å². The first-order valence-corrected chi connectivity index (χ1v) is 15.8. The van der Waals surface area contributed by atoms with E-state index in [1.165, 1.54) is 15.3 Å². The number of nitrogens with zero attached hydrogens (tertiary/aromatic N) is 2. The molecule has 2 aromatic carbocycles. The molecular weight excluding hydrogens is 492 g/mol. The summed E-state index contributed by atoms with van der Waals surface area (Å²) in [7, 11) is -2.59. The van der Waals surface area contributed by atoms with E-state index in [1.54, 1.807) is 0 Å². The maximum atomic E-state index is 12.9. The summed E-state index contributed by atoms with van der Waals surface area (Å²) in [5.74, 6) is 0.397. The Morgan fingerprint density at radius 2 is 1.47 bits per heavy atom. The van der Waals surface area contributed by atoms with E-state index in [4.69, 9.17) is 9.16 Å². The van der Waals surface area contributed by atoms with Crippen molar-refractivity contribution in [3.8, 4) is 0 Å². The summed E-state index contributed by atoms with van der Waals surface area (Å²) >= 11 is 0. The minimum Gasteiger partial charge on any atom is -0.444 e. The Bertz CT molecular complexity index is 1050. The molecule has 38 heavy (non-hydrogen) atoms. The number of rotatable bonds is 6. The van der Waals surface area contributed by atoms with Crippen molar-refractivity contribution in [2.24, 2.45) is 5.92 Å². The van der Waals surface area contributed by atoms with Gasteiger partial charge in [0, 0.05) is 25.7 Å². The van der Waals surface area contributed by atoms with E-state index in [2.05, 4.69) is 81.4 Å². The third-order valence-electron chi connectivity index (χ3n) is 7.70. The summed E-state index contributed by atoms with van der Waals surface area (Å²) in [6, 6.07) is 21.6. The van der Waals surface area contributed by atoms with Gasteiger partial charge in [-0.05, 0) is 61.4 Å². The van der Waals surface area contributed by atoms with Gasteiger partial charge in [-0.3, -0.25) is 9.69 Å². The molecule has 2 fully saturated rings. The second-order valence-electron chi connectivity index (χ2n) is 12.8. The molecule has 1 saturated heterocycles. The number of piperazine rings is 1. The van der Waals surface area contributed by atoms with Crippen LogP contribution in [-0.4, -0.2) is 68.0 Å². The molecule has 2 atom stereocenters. The molecule has 0 aromatic heterocycles. The molecule has 2 unspecified atom stereocenters. The number of hydrogen-bond acceptors (Lipinski definition) is 4. The molecule has 206 valence electrons. The van der Waals surface area contributed by atoms with E-state index >= 15 is 0 Å². The van der Waals surface area contributed by atoms with Gasteiger partial charge in [0.05, 0.1) is 0 Å². The highest BCUT2D eigenvalue weighted by Crippen LogP contribution is 2.40. The van der Waals surface area contributed by atoms with E-state index in [0.717, 1.165) is 25.8 Å². The lowest BCUT2D eigenvalue weighted by atomic mass is 10.1. The van der Waals surface area contributed by atoms with Crippen molar-refractivity contribution in [1.29, 1.82) is 0 Å². The van der Waals surface area contributed by atoms with Crippen molar-refractivity contribution in [3.05, 3.63) is 60.7 Å². The fourth-order valence-electron chi connectivity index (χ4n) is 5.94. The van der Waals surface area contributed by atoms with Crippen LogP contribution in [0.15, 0.2) is 60.7 Å². The van der Waals surface area contributed by atoms with Gasteiger partial charge in [0.2, 0.25) is 5.91 Å². The average molecular weight is 537 g/mol. The molecule has 0 N–H and O–H groups in total. The van der Waals surface area contributed by atoms with Crippen LogP contribution in [0.4, 0.5) is 4.79 Å². The second kappa shape index (κ2) is 11.2. The zero-order valence-electron chi connectivity index (χ0n) is 23.9. The molecule has 0 bridgehead atoms. The van der Waals surface area contributed by atoms with Crippen LogP contribution in [-0.2, 0) is 14.0 Å². The predicted octanol–water partition coefficient (Wildman–Crippen LogP) is 4.81. The highest BCUT2D eigenvalue weighted by atomic mass is 28.4. The number of amides is 2. The summed E-state index contributed by atoms with van der Waals surface area (Å²) in [5.41, 5.74) is -0.568. The summed E-state index contributed by atoms with van der Waals surface area (Å²) in [5, 5.41) is 2.55. The third-order valence-corrected chi connectivity index (χ3v) is 12.8. The van der Waals surface area contributed by atoms with Gasteiger partial charge in [-0.2, -0.15) is 0 Å². The van der Waals surface area contributed by atoms with Crippen LogP contribution in [0.3, 0.4) is 0 Å².